The maximum Gasteiger partial charge on any atom is 0.261 e. The summed E-state index contributed by atoms with van der Waals surface area (Å²) in [7, 11) is -1.73. The second-order valence-corrected chi connectivity index (χ2v) is 10.6. The first-order chi connectivity index (χ1) is 15.2. The van der Waals surface area contributed by atoms with E-state index in [2.05, 4.69) is 20.6 Å². The van der Waals surface area contributed by atoms with Gasteiger partial charge < -0.3 is 15.4 Å². The number of amides is 1. The Morgan fingerprint density at radius 2 is 2.03 bits per heavy atom. The van der Waals surface area contributed by atoms with Gasteiger partial charge in [-0.2, -0.15) is 0 Å². The minimum Gasteiger partial charge on any atom is -0.383 e. The molecule has 8 nitrogen and oxygen atoms in total. The molecule has 0 aliphatic heterocycles. The molecule has 0 saturated carbocycles. The van der Waals surface area contributed by atoms with Crippen molar-refractivity contribution in [3.63, 3.8) is 0 Å². The summed E-state index contributed by atoms with van der Waals surface area (Å²) in [5, 5.41) is 7.68. The highest BCUT2D eigenvalue weighted by Gasteiger charge is 2.15. The lowest BCUT2D eigenvalue weighted by molar-refractivity contribution is 0.0909. The molecule has 0 fully saturated rings. The summed E-state index contributed by atoms with van der Waals surface area (Å²) in [6.45, 7) is 2.32. The number of carbonyl (C=O) groups is 1. The smallest absolute Gasteiger partial charge is 0.261 e. The number of sulfone groups is 1. The predicted molar refractivity (Wildman–Crippen MR) is 127 cm³/mol. The summed E-state index contributed by atoms with van der Waals surface area (Å²) in [6.07, 6.45) is 2.86. The molecule has 2 heterocycles. The van der Waals surface area contributed by atoms with Crippen molar-refractivity contribution in [2.45, 2.75) is 17.9 Å². The van der Waals surface area contributed by atoms with Crippen LogP contribution in [-0.2, 0) is 14.6 Å². The van der Waals surface area contributed by atoms with Gasteiger partial charge in [-0.25, -0.2) is 18.4 Å². The van der Waals surface area contributed by atoms with E-state index in [1.165, 1.54) is 23.5 Å². The zero-order chi connectivity index (χ0) is 22.9. The molecule has 0 unspecified atom stereocenters. The Kier molecular flexibility index (Phi) is 6.09. The highest BCUT2D eigenvalue weighted by atomic mass is 32.2. The Morgan fingerprint density at radius 1 is 1.22 bits per heavy atom. The van der Waals surface area contributed by atoms with Crippen molar-refractivity contribution in [3.05, 3.63) is 53.5 Å². The van der Waals surface area contributed by atoms with E-state index in [9.17, 15) is 13.2 Å². The molecule has 2 N–H and O–H groups in total. The second kappa shape index (κ2) is 8.81. The number of carbonyl (C=O) groups excluding carboxylic acids is 1. The first-order valence-corrected chi connectivity index (χ1v) is 12.5. The number of ether oxygens (including phenoxy) is 1. The average Bonchev–Trinajstić information content (AvgIpc) is 3.19. The lowest BCUT2D eigenvalue weighted by Gasteiger charge is -2.11. The van der Waals surface area contributed by atoms with Crippen LogP contribution in [0.4, 0.5) is 11.6 Å². The van der Waals surface area contributed by atoms with Crippen LogP contribution in [0.3, 0.4) is 0 Å². The van der Waals surface area contributed by atoms with E-state index < -0.39 is 9.84 Å². The SMILES string of the molecule is COC[C@H](C)NC(=O)c1cc2c(ccc3cnc(Nc4cccc(S(C)(=O)=O)c4)nc32)s1. The van der Waals surface area contributed by atoms with Gasteiger partial charge in [-0.3, -0.25) is 4.79 Å². The average molecular weight is 471 g/mol. The van der Waals surface area contributed by atoms with Crippen molar-refractivity contribution in [2.75, 3.05) is 25.3 Å². The van der Waals surface area contributed by atoms with Crippen LogP contribution in [0.1, 0.15) is 16.6 Å². The van der Waals surface area contributed by atoms with Gasteiger partial charge in [0.2, 0.25) is 5.95 Å². The molecule has 0 bridgehead atoms. The zero-order valence-electron chi connectivity index (χ0n) is 17.7. The van der Waals surface area contributed by atoms with Gasteiger partial charge in [-0.1, -0.05) is 6.07 Å². The molecule has 4 aromatic rings. The predicted octanol–water partition coefficient (Wildman–Crippen LogP) is 3.76. The Morgan fingerprint density at radius 3 is 2.78 bits per heavy atom. The molecule has 0 radical (unpaired) electrons. The maximum absolute atomic E-state index is 12.6. The lowest BCUT2D eigenvalue weighted by atomic mass is 10.2. The minimum absolute atomic E-state index is 0.102. The fourth-order valence-electron chi connectivity index (χ4n) is 3.30. The van der Waals surface area contributed by atoms with Gasteiger partial charge in [0.05, 0.1) is 21.9 Å². The normalized spacial score (nSPS) is 12.7. The van der Waals surface area contributed by atoms with Crippen molar-refractivity contribution >= 4 is 59.7 Å². The molecule has 2 aromatic heterocycles. The minimum atomic E-state index is -3.32. The van der Waals surface area contributed by atoms with Gasteiger partial charge in [-0.05, 0) is 43.3 Å². The van der Waals surface area contributed by atoms with Crippen LogP contribution in [-0.4, -0.2) is 50.3 Å². The Bertz CT molecular complexity index is 1420. The first-order valence-electron chi connectivity index (χ1n) is 9.81. The standard InChI is InChI=1S/C22H22N4O4S2/c1-13(12-30-2)24-21(27)19-10-17-18(31-19)8-7-14-11-23-22(26-20(14)17)25-15-5-4-6-16(9-15)32(3,28)29/h4-11,13H,12H2,1-3H3,(H,24,27)(H,23,25,26)/t13-/m0/s1. The number of aromatic nitrogens is 2. The molecule has 0 spiro atoms. The number of hydrogen-bond donors (Lipinski definition) is 2. The fraction of sp³-hybridized carbons (Fsp3) is 0.227. The number of hydrogen-bond acceptors (Lipinski definition) is 8. The second-order valence-electron chi connectivity index (χ2n) is 7.47. The van der Waals surface area contributed by atoms with Crippen LogP contribution in [0, 0.1) is 0 Å². The molecule has 166 valence electrons. The third kappa shape index (κ3) is 4.72. The van der Waals surface area contributed by atoms with Crippen LogP contribution in [0.2, 0.25) is 0 Å². The van der Waals surface area contributed by atoms with Crippen LogP contribution < -0.4 is 10.6 Å². The Balaban J connectivity index is 1.68. The molecule has 4 rings (SSSR count). The topological polar surface area (TPSA) is 110 Å². The fourth-order valence-corrected chi connectivity index (χ4v) is 4.93. The van der Waals surface area contributed by atoms with Gasteiger partial charge in [0, 0.05) is 46.8 Å². The van der Waals surface area contributed by atoms with E-state index in [1.807, 2.05) is 25.1 Å². The number of nitrogens with one attached hydrogen (secondary N) is 2. The van der Waals surface area contributed by atoms with E-state index in [0.29, 0.717) is 28.6 Å². The number of thiophene rings is 1. The van der Waals surface area contributed by atoms with Gasteiger partial charge in [0.15, 0.2) is 9.84 Å². The Hall–Kier alpha value is -3.08. The molecule has 32 heavy (non-hydrogen) atoms. The van der Waals surface area contributed by atoms with E-state index in [4.69, 9.17) is 4.74 Å². The molecule has 0 aliphatic rings. The molecule has 0 aliphatic carbocycles. The zero-order valence-corrected chi connectivity index (χ0v) is 19.4. The largest absolute Gasteiger partial charge is 0.383 e. The van der Waals surface area contributed by atoms with Crippen molar-refractivity contribution in [2.24, 2.45) is 0 Å². The first kappa shape index (κ1) is 22.1. The third-order valence-corrected chi connectivity index (χ3v) is 6.99. The van der Waals surface area contributed by atoms with E-state index >= 15 is 0 Å². The maximum atomic E-state index is 12.6. The molecule has 10 heteroatoms. The summed E-state index contributed by atoms with van der Waals surface area (Å²) < 4.78 is 29.7. The van der Waals surface area contributed by atoms with E-state index in [0.717, 1.165) is 21.7 Å². The van der Waals surface area contributed by atoms with Crippen molar-refractivity contribution < 1.29 is 17.9 Å². The van der Waals surface area contributed by atoms with Crippen molar-refractivity contribution in [3.8, 4) is 0 Å². The third-order valence-electron chi connectivity index (χ3n) is 4.78. The van der Waals surface area contributed by atoms with Gasteiger partial charge in [0.25, 0.3) is 5.91 Å². The molecule has 1 atom stereocenters. The van der Waals surface area contributed by atoms with Gasteiger partial charge in [-0.15, -0.1) is 11.3 Å². The van der Waals surface area contributed by atoms with Gasteiger partial charge in [0.1, 0.15) is 0 Å². The molecular formula is C22H22N4O4S2. The molecule has 0 saturated heterocycles. The highest BCUT2D eigenvalue weighted by molar-refractivity contribution is 7.90. The van der Waals surface area contributed by atoms with Crippen molar-refractivity contribution in [1.29, 1.82) is 0 Å². The number of benzene rings is 2. The lowest BCUT2D eigenvalue weighted by Crippen LogP contribution is -2.35. The summed E-state index contributed by atoms with van der Waals surface area (Å²) in [4.78, 5) is 22.4. The monoisotopic (exact) mass is 470 g/mol. The highest BCUT2D eigenvalue weighted by Crippen LogP contribution is 2.32. The summed E-state index contributed by atoms with van der Waals surface area (Å²) in [5.74, 6) is 0.176. The summed E-state index contributed by atoms with van der Waals surface area (Å²) >= 11 is 1.39. The molecular weight excluding hydrogens is 448 g/mol. The van der Waals surface area contributed by atoms with Crippen LogP contribution >= 0.6 is 11.3 Å². The summed E-state index contributed by atoms with van der Waals surface area (Å²) in [6, 6.07) is 12.1. The molecule has 1 amide bonds. The van der Waals surface area contributed by atoms with E-state index in [1.54, 1.807) is 25.4 Å². The molecule has 2 aromatic carbocycles. The van der Waals surface area contributed by atoms with Gasteiger partial charge >= 0.3 is 0 Å². The summed E-state index contributed by atoms with van der Waals surface area (Å²) in [5.41, 5.74) is 1.27. The van der Waals surface area contributed by atoms with E-state index in [-0.39, 0.29) is 16.8 Å². The number of anilines is 2. The van der Waals surface area contributed by atoms with Crippen LogP contribution in [0.5, 0.6) is 0 Å². The van der Waals surface area contributed by atoms with Crippen LogP contribution in [0.15, 0.2) is 53.6 Å². The Labute approximate surface area is 189 Å². The number of rotatable bonds is 7. The number of methoxy groups -OCH3 is 1. The van der Waals surface area contributed by atoms with Crippen LogP contribution in [0.25, 0.3) is 21.0 Å². The number of nitrogens with zero attached hydrogens (tertiary/aromatic N) is 2. The van der Waals surface area contributed by atoms with Crippen molar-refractivity contribution in [1.82, 2.24) is 15.3 Å². The quantitative estimate of drug-likeness (QED) is 0.423. The number of fused-ring (bicyclic) bond motifs is 3.